The van der Waals surface area contributed by atoms with Crippen LogP contribution in [-0.4, -0.2) is 12.5 Å². The zero-order chi connectivity index (χ0) is 11.8. The fraction of sp³-hybridized carbons (Fsp3) is 0.462. The highest BCUT2D eigenvalue weighted by Crippen LogP contribution is 2.12. The maximum atomic E-state index is 11.2. The summed E-state index contributed by atoms with van der Waals surface area (Å²) < 4.78 is 1.11. The molecule has 0 aliphatic rings. The first kappa shape index (κ1) is 13.2. The van der Waals surface area contributed by atoms with Crippen molar-refractivity contribution in [3.63, 3.8) is 0 Å². The van der Waals surface area contributed by atoms with Crippen LogP contribution in [0.3, 0.4) is 0 Å². The van der Waals surface area contributed by atoms with Gasteiger partial charge in [0.05, 0.1) is 0 Å². The summed E-state index contributed by atoms with van der Waals surface area (Å²) in [5.74, 6) is 0.164. The third-order valence-electron chi connectivity index (χ3n) is 2.33. The van der Waals surface area contributed by atoms with Crippen molar-refractivity contribution >= 4 is 21.8 Å². The van der Waals surface area contributed by atoms with Gasteiger partial charge in [0.1, 0.15) is 0 Å². The van der Waals surface area contributed by atoms with E-state index in [-0.39, 0.29) is 5.91 Å². The first-order chi connectivity index (χ1) is 7.72. The highest BCUT2D eigenvalue weighted by molar-refractivity contribution is 9.10. The summed E-state index contributed by atoms with van der Waals surface area (Å²) in [7, 11) is 0. The fourth-order valence-electron chi connectivity index (χ4n) is 1.53. The minimum absolute atomic E-state index is 0.164. The Morgan fingerprint density at radius 1 is 1.44 bits per heavy atom. The van der Waals surface area contributed by atoms with E-state index in [1.54, 1.807) is 0 Å². The van der Waals surface area contributed by atoms with E-state index in [4.69, 9.17) is 0 Å². The van der Waals surface area contributed by atoms with Crippen LogP contribution in [-0.2, 0) is 11.2 Å². The molecule has 0 unspecified atom stereocenters. The van der Waals surface area contributed by atoms with Crippen LogP contribution in [0, 0.1) is 0 Å². The average molecular weight is 284 g/mol. The number of amides is 1. The summed E-state index contributed by atoms with van der Waals surface area (Å²) >= 11 is 3.45. The van der Waals surface area contributed by atoms with Crippen molar-refractivity contribution < 1.29 is 4.79 Å². The van der Waals surface area contributed by atoms with Gasteiger partial charge < -0.3 is 5.32 Å². The number of hydrogen-bond acceptors (Lipinski definition) is 1. The molecular formula is C13H18BrNO. The monoisotopic (exact) mass is 283 g/mol. The quantitative estimate of drug-likeness (QED) is 0.798. The number of aryl methyl sites for hydroxylation is 1. The van der Waals surface area contributed by atoms with E-state index < -0.39 is 0 Å². The summed E-state index contributed by atoms with van der Waals surface area (Å²) in [6.45, 7) is 2.78. The Morgan fingerprint density at radius 3 is 2.94 bits per heavy atom. The van der Waals surface area contributed by atoms with Gasteiger partial charge in [0, 0.05) is 17.4 Å². The Labute approximate surface area is 106 Å². The normalized spacial score (nSPS) is 10.1. The third kappa shape index (κ3) is 5.31. The molecule has 1 aromatic rings. The van der Waals surface area contributed by atoms with Crippen LogP contribution in [0.5, 0.6) is 0 Å². The molecule has 0 aromatic heterocycles. The molecule has 3 heteroatoms. The molecule has 0 spiro atoms. The van der Waals surface area contributed by atoms with Crippen molar-refractivity contribution in [2.24, 2.45) is 0 Å². The number of carbonyl (C=O) groups is 1. The van der Waals surface area contributed by atoms with Gasteiger partial charge in [-0.15, -0.1) is 0 Å². The second-order valence-electron chi connectivity index (χ2n) is 3.83. The second kappa shape index (κ2) is 7.44. The molecule has 16 heavy (non-hydrogen) atoms. The van der Waals surface area contributed by atoms with Gasteiger partial charge in [-0.3, -0.25) is 4.79 Å². The minimum atomic E-state index is 0.164. The van der Waals surface area contributed by atoms with Crippen molar-refractivity contribution in [3.05, 3.63) is 34.3 Å². The lowest BCUT2D eigenvalue weighted by Gasteiger charge is -2.04. The minimum Gasteiger partial charge on any atom is -0.356 e. The number of halogens is 1. The molecule has 1 rings (SSSR count). The fourth-order valence-corrected chi connectivity index (χ4v) is 1.97. The van der Waals surface area contributed by atoms with Crippen LogP contribution in [0.25, 0.3) is 0 Å². The Kier molecular flexibility index (Phi) is 6.16. The Bertz CT molecular complexity index is 338. The first-order valence-electron chi connectivity index (χ1n) is 5.73. The van der Waals surface area contributed by atoms with Gasteiger partial charge >= 0.3 is 0 Å². The summed E-state index contributed by atoms with van der Waals surface area (Å²) in [6.07, 6.45) is 3.55. The van der Waals surface area contributed by atoms with Gasteiger partial charge in [0.2, 0.25) is 5.91 Å². The zero-order valence-electron chi connectivity index (χ0n) is 9.63. The number of benzene rings is 1. The molecule has 0 radical (unpaired) electrons. The highest BCUT2D eigenvalue weighted by atomic mass is 79.9. The Hall–Kier alpha value is -0.830. The number of rotatable bonds is 6. The molecular weight excluding hydrogens is 266 g/mol. The number of carbonyl (C=O) groups excluding carboxylic acids is 1. The average Bonchev–Trinajstić information content (AvgIpc) is 2.25. The van der Waals surface area contributed by atoms with Gasteiger partial charge in [-0.05, 0) is 37.0 Å². The van der Waals surface area contributed by atoms with Crippen LogP contribution in [0.4, 0.5) is 0 Å². The topological polar surface area (TPSA) is 29.1 Å². The van der Waals surface area contributed by atoms with Crippen molar-refractivity contribution in [3.8, 4) is 0 Å². The first-order valence-corrected chi connectivity index (χ1v) is 6.53. The van der Waals surface area contributed by atoms with E-state index in [2.05, 4.69) is 33.4 Å². The molecule has 0 aliphatic carbocycles. The predicted molar refractivity (Wildman–Crippen MR) is 70.4 cm³/mol. The van der Waals surface area contributed by atoms with E-state index in [0.717, 1.165) is 30.3 Å². The summed E-state index contributed by atoms with van der Waals surface area (Å²) in [5, 5.41) is 2.92. The smallest absolute Gasteiger partial charge is 0.219 e. The van der Waals surface area contributed by atoms with Gasteiger partial charge in [-0.2, -0.15) is 0 Å². The molecule has 88 valence electrons. The maximum Gasteiger partial charge on any atom is 0.219 e. The van der Waals surface area contributed by atoms with Crippen LogP contribution in [0.1, 0.15) is 31.7 Å². The van der Waals surface area contributed by atoms with Gasteiger partial charge in [0.25, 0.3) is 0 Å². The number of hydrogen-bond donors (Lipinski definition) is 1. The lowest BCUT2D eigenvalue weighted by Crippen LogP contribution is -2.24. The molecule has 0 atom stereocenters. The molecule has 0 saturated carbocycles. The van der Waals surface area contributed by atoms with Crippen LogP contribution < -0.4 is 5.32 Å². The van der Waals surface area contributed by atoms with Crippen LogP contribution >= 0.6 is 15.9 Å². The molecule has 1 N–H and O–H groups in total. The molecule has 0 aliphatic heterocycles. The Morgan fingerprint density at radius 2 is 2.25 bits per heavy atom. The summed E-state index contributed by atoms with van der Waals surface area (Å²) in [5.41, 5.74) is 1.30. The maximum absolute atomic E-state index is 11.2. The summed E-state index contributed by atoms with van der Waals surface area (Å²) in [6, 6.07) is 8.29. The van der Waals surface area contributed by atoms with Crippen LogP contribution in [0.2, 0.25) is 0 Å². The number of nitrogens with one attached hydrogen (secondary N) is 1. The van der Waals surface area contributed by atoms with Gasteiger partial charge in [0.15, 0.2) is 0 Å². The molecule has 0 bridgehead atoms. The third-order valence-corrected chi connectivity index (χ3v) is 2.82. The van der Waals surface area contributed by atoms with E-state index >= 15 is 0 Å². The van der Waals surface area contributed by atoms with E-state index in [0.29, 0.717) is 6.42 Å². The summed E-state index contributed by atoms with van der Waals surface area (Å²) in [4.78, 5) is 11.2. The van der Waals surface area contributed by atoms with Crippen molar-refractivity contribution in [1.29, 1.82) is 0 Å². The SMILES string of the molecule is CCCC(=O)NCCCc1cccc(Br)c1. The van der Waals surface area contributed by atoms with E-state index in [9.17, 15) is 4.79 Å². The second-order valence-corrected chi connectivity index (χ2v) is 4.75. The lowest BCUT2D eigenvalue weighted by atomic mass is 10.1. The van der Waals surface area contributed by atoms with Crippen molar-refractivity contribution in [2.75, 3.05) is 6.54 Å². The molecule has 2 nitrogen and oxygen atoms in total. The van der Waals surface area contributed by atoms with Crippen LogP contribution in [0.15, 0.2) is 28.7 Å². The molecule has 0 saturated heterocycles. The standard InChI is InChI=1S/C13H18BrNO/c1-2-5-13(16)15-9-4-7-11-6-3-8-12(14)10-11/h3,6,8,10H,2,4-5,7,9H2,1H3,(H,15,16). The molecule has 0 heterocycles. The highest BCUT2D eigenvalue weighted by Gasteiger charge is 1.98. The largest absolute Gasteiger partial charge is 0.356 e. The lowest BCUT2D eigenvalue weighted by molar-refractivity contribution is -0.121. The zero-order valence-corrected chi connectivity index (χ0v) is 11.2. The molecule has 1 aromatic carbocycles. The van der Waals surface area contributed by atoms with Gasteiger partial charge in [-0.25, -0.2) is 0 Å². The molecule has 1 amide bonds. The van der Waals surface area contributed by atoms with Gasteiger partial charge in [-0.1, -0.05) is 35.0 Å². The van der Waals surface area contributed by atoms with E-state index in [1.165, 1.54) is 5.56 Å². The van der Waals surface area contributed by atoms with Crippen molar-refractivity contribution in [1.82, 2.24) is 5.32 Å². The molecule has 0 fully saturated rings. The van der Waals surface area contributed by atoms with E-state index in [1.807, 2.05) is 19.1 Å². The predicted octanol–water partition coefficient (Wildman–Crippen LogP) is 3.30. The Balaban J connectivity index is 2.18. The van der Waals surface area contributed by atoms with Crippen molar-refractivity contribution in [2.45, 2.75) is 32.6 Å².